The van der Waals surface area contributed by atoms with E-state index in [0.29, 0.717) is 23.8 Å². The Kier molecular flexibility index (Phi) is 3.57. The molecule has 23 heavy (non-hydrogen) atoms. The zero-order valence-electron chi connectivity index (χ0n) is 12.7. The van der Waals surface area contributed by atoms with Crippen molar-refractivity contribution in [3.8, 4) is 0 Å². The van der Waals surface area contributed by atoms with E-state index < -0.39 is 0 Å². The Balaban J connectivity index is 1.55. The van der Waals surface area contributed by atoms with Crippen LogP contribution in [0.4, 0.5) is 0 Å². The fraction of sp³-hybridized carbons (Fsp3) is 0.375. The third-order valence-electron chi connectivity index (χ3n) is 4.20. The first-order valence-electron chi connectivity index (χ1n) is 7.63. The maximum Gasteiger partial charge on any atom is 0.253 e. The van der Waals surface area contributed by atoms with Crippen LogP contribution < -0.4 is 0 Å². The Morgan fingerprint density at radius 3 is 3.17 bits per heavy atom. The summed E-state index contributed by atoms with van der Waals surface area (Å²) in [6, 6.07) is 5.69. The van der Waals surface area contributed by atoms with Gasteiger partial charge in [0.2, 0.25) is 5.89 Å². The van der Waals surface area contributed by atoms with E-state index in [2.05, 4.69) is 15.1 Å². The van der Waals surface area contributed by atoms with E-state index in [-0.39, 0.29) is 11.8 Å². The number of benzene rings is 1. The molecule has 1 saturated heterocycles. The van der Waals surface area contributed by atoms with Crippen LogP contribution in [0.2, 0.25) is 0 Å². The van der Waals surface area contributed by atoms with Gasteiger partial charge in [0.1, 0.15) is 0 Å². The van der Waals surface area contributed by atoms with Crippen LogP contribution in [0.25, 0.3) is 10.2 Å². The van der Waals surface area contributed by atoms with Gasteiger partial charge in [-0.05, 0) is 31.0 Å². The van der Waals surface area contributed by atoms with Gasteiger partial charge in [-0.15, -0.1) is 11.3 Å². The van der Waals surface area contributed by atoms with Crippen molar-refractivity contribution in [3.05, 3.63) is 41.0 Å². The van der Waals surface area contributed by atoms with Gasteiger partial charge < -0.3 is 9.42 Å². The molecule has 0 N–H and O–H groups in total. The number of nitrogens with zero attached hydrogens (tertiary/aromatic N) is 4. The highest BCUT2D eigenvalue weighted by Gasteiger charge is 2.28. The van der Waals surface area contributed by atoms with Gasteiger partial charge in [-0.2, -0.15) is 4.98 Å². The first-order chi connectivity index (χ1) is 11.2. The molecule has 2 aromatic heterocycles. The van der Waals surface area contributed by atoms with Crippen LogP contribution in [0.3, 0.4) is 0 Å². The minimum absolute atomic E-state index is 0.0604. The Morgan fingerprint density at radius 1 is 1.43 bits per heavy atom. The Morgan fingerprint density at radius 2 is 2.35 bits per heavy atom. The van der Waals surface area contributed by atoms with Gasteiger partial charge in [-0.3, -0.25) is 4.79 Å². The van der Waals surface area contributed by atoms with Gasteiger partial charge in [0.05, 0.1) is 15.7 Å². The molecular formula is C16H16N4O2S. The van der Waals surface area contributed by atoms with Gasteiger partial charge >= 0.3 is 0 Å². The van der Waals surface area contributed by atoms with Crippen LogP contribution in [-0.4, -0.2) is 39.0 Å². The molecule has 1 amide bonds. The second-order valence-corrected chi connectivity index (χ2v) is 6.68. The molecule has 7 heteroatoms. The molecule has 1 aliphatic heterocycles. The maximum absolute atomic E-state index is 12.8. The molecule has 0 aliphatic carbocycles. The van der Waals surface area contributed by atoms with Crippen LogP contribution in [0.5, 0.6) is 0 Å². The zero-order chi connectivity index (χ0) is 15.8. The predicted molar refractivity (Wildman–Crippen MR) is 86.5 cm³/mol. The third kappa shape index (κ3) is 2.72. The van der Waals surface area contributed by atoms with Crippen molar-refractivity contribution in [2.45, 2.75) is 25.7 Å². The van der Waals surface area contributed by atoms with Crippen molar-refractivity contribution < 1.29 is 9.32 Å². The fourth-order valence-corrected chi connectivity index (χ4v) is 3.74. The summed E-state index contributed by atoms with van der Waals surface area (Å²) in [4.78, 5) is 23.2. The van der Waals surface area contributed by atoms with E-state index in [1.54, 1.807) is 23.8 Å². The monoisotopic (exact) mass is 328 g/mol. The van der Waals surface area contributed by atoms with Crippen LogP contribution in [0.1, 0.15) is 40.8 Å². The lowest BCUT2D eigenvalue weighted by Gasteiger charge is -2.31. The lowest BCUT2D eigenvalue weighted by atomic mass is 9.96. The summed E-state index contributed by atoms with van der Waals surface area (Å²) in [6.45, 7) is 3.19. The number of carbonyl (C=O) groups excluding carboxylic acids is 1. The van der Waals surface area contributed by atoms with Crippen LogP contribution in [0, 0.1) is 6.92 Å². The van der Waals surface area contributed by atoms with Gasteiger partial charge in [0.25, 0.3) is 5.91 Å². The number of amides is 1. The minimum atomic E-state index is 0.0604. The molecule has 0 radical (unpaired) electrons. The second kappa shape index (κ2) is 5.73. The molecule has 1 atom stereocenters. The molecular weight excluding hydrogens is 312 g/mol. The highest BCUT2D eigenvalue weighted by atomic mass is 32.1. The van der Waals surface area contributed by atoms with E-state index in [4.69, 9.17) is 4.52 Å². The SMILES string of the molecule is Cc1nc([C@@H]2CCCN(C(=O)c3ccc4ncsc4c3)C2)no1. The molecule has 0 unspecified atom stereocenters. The lowest BCUT2D eigenvalue weighted by Crippen LogP contribution is -2.39. The first kappa shape index (κ1) is 14.3. The third-order valence-corrected chi connectivity index (χ3v) is 4.99. The average molecular weight is 328 g/mol. The minimum Gasteiger partial charge on any atom is -0.340 e. The van der Waals surface area contributed by atoms with Gasteiger partial charge in [0.15, 0.2) is 5.82 Å². The number of likely N-dealkylation sites (tertiary alicyclic amines) is 1. The Bertz CT molecular complexity index is 857. The van der Waals surface area contributed by atoms with Gasteiger partial charge in [-0.1, -0.05) is 5.16 Å². The summed E-state index contributed by atoms with van der Waals surface area (Å²) in [5.74, 6) is 1.49. The summed E-state index contributed by atoms with van der Waals surface area (Å²) in [7, 11) is 0. The lowest BCUT2D eigenvalue weighted by molar-refractivity contribution is 0.0704. The molecule has 118 valence electrons. The number of hydrogen-bond donors (Lipinski definition) is 0. The van der Waals surface area contributed by atoms with Gasteiger partial charge in [-0.25, -0.2) is 4.98 Å². The zero-order valence-corrected chi connectivity index (χ0v) is 13.5. The summed E-state index contributed by atoms with van der Waals surface area (Å²) in [5.41, 5.74) is 3.45. The topological polar surface area (TPSA) is 72.1 Å². The summed E-state index contributed by atoms with van der Waals surface area (Å²) < 4.78 is 6.11. The van der Waals surface area contributed by atoms with Crippen molar-refractivity contribution in [2.75, 3.05) is 13.1 Å². The number of fused-ring (bicyclic) bond motifs is 1. The number of piperidine rings is 1. The van der Waals surface area contributed by atoms with Gasteiger partial charge in [0, 0.05) is 31.5 Å². The fourth-order valence-electron chi connectivity index (χ4n) is 3.02. The van der Waals surface area contributed by atoms with Crippen molar-refractivity contribution in [1.29, 1.82) is 0 Å². The van der Waals surface area contributed by atoms with E-state index in [0.717, 1.165) is 29.6 Å². The van der Waals surface area contributed by atoms with Crippen molar-refractivity contribution >= 4 is 27.5 Å². The summed E-state index contributed by atoms with van der Waals surface area (Å²) in [5, 5.41) is 4.01. The van der Waals surface area contributed by atoms with Crippen LogP contribution in [-0.2, 0) is 0 Å². The number of hydrogen-bond acceptors (Lipinski definition) is 6. The van der Waals surface area contributed by atoms with E-state index in [1.165, 1.54) is 0 Å². The predicted octanol–water partition coefficient (Wildman–Crippen LogP) is 3.01. The molecule has 1 aromatic carbocycles. The van der Waals surface area contributed by atoms with E-state index in [9.17, 15) is 4.79 Å². The maximum atomic E-state index is 12.8. The standard InChI is InChI=1S/C16H16N4O2S/c1-10-18-15(19-22-10)12-3-2-6-20(8-12)16(21)11-4-5-13-14(7-11)23-9-17-13/h4-5,7,9,12H,2-3,6,8H2,1H3/t12-/m1/s1. The average Bonchev–Trinajstić information content (AvgIpc) is 3.22. The van der Waals surface area contributed by atoms with Crippen molar-refractivity contribution in [2.24, 2.45) is 0 Å². The number of carbonyl (C=O) groups is 1. The normalized spacial score (nSPS) is 18.5. The quantitative estimate of drug-likeness (QED) is 0.723. The molecule has 0 saturated carbocycles. The van der Waals surface area contributed by atoms with Crippen LogP contribution >= 0.6 is 11.3 Å². The van der Waals surface area contributed by atoms with E-state index in [1.807, 2.05) is 23.1 Å². The van der Waals surface area contributed by atoms with Crippen molar-refractivity contribution in [3.63, 3.8) is 0 Å². The summed E-state index contributed by atoms with van der Waals surface area (Å²) in [6.07, 6.45) is 1.93. The summed E-state index contributed by atoms with van der Waals surface area (Å²) >= 11 is 1.55. The van der Waals surface area contributed by atoms with Crippen molar-refractivity contribution in [1.82, 2.24) is 20.0 Å². The smallest absolute Gasteiger partial charge is 0.253 e. The molecule has 6 nitrogen and oxygen atoms in total. The largest absolute Gasteiger partial charge is 0.340 e. The molecule has 0 spiro atoms. The molecule has 1 fully saturated rings. The highest BCUT2D eigenvalue weighted by Crippen LogP contribution is 2.27. The number of aromatic nitrogens is 3. The Hall–Kier alpha value is -2.28. The highest BCUT2D eigenvalue weighted by molar-refractivity contribution is 7.16. The van der Waals surface area contributed by atoms with Crippen LogP contribution in [0.15, 0.2) is 28.2 Å². The Labute approximate surface area is 137 Å². The molecule has 3 aromatic rings. The number of thiazole rings is 1. The first-order valence-corrected chi connectivity index (χ1v) is 8.51. The number of aryl methyl sites for hydroxylation is 1. The second-order valence-electron chi connectivity index (χ2n) is 5.80. The molecule has 3 heterocycles. The van der Waals surface area contributed by atoms with E-state index >= 15 is 0 Å². The molecule has 0 bridgehead atoms. The molecule has 4 rings (SSSR count). The number of rotatable bonds is 2. The molecule has 1 aliphatic rings.